The fraction of sp³-hybridized carbons (Fsp3) is 0.500. The molecule has 0 atom stereocenters. The van der Waals surface area contributed by atoms with Gasteiger partial charge in [-0.2, -0.15) is 0 Å². The third-order valence-electron chi connectivity index (χ3n) is 1.99. The Labute approximate surface area is 124 Å². The van der Waals surface area contributed by atoms with Crippen molar-refractivity contribution in [2.75, 3.05) is 28.2 Å². The van der Waals surface area contributed by atoms with Gasteiger partial charge in [-0.15, -0.1) is 0 Å². The zero-order valence-corrected chi connectivity index (χ0v) is 13.8. The van der Waals surface area contributed by atoms with Gasteiger partial charge in [0, 0.05) is 86.4 Å². The van der Waals surface area contributed by atoms with Crippen LogP contribution in [0.2, 0.25) is 0 Å². The van der Waals surface area contributed by atoms with Gasteiger partial charge in [-0.3, -0.25) is 0 Å². The highest BCUT2D eigenvalue weighted by molar-refractivity contribution is 8.77. The molecule has 2 rings (SSSR count). The first-order valence-corrected chi connectivity index (χ1v) is 8.75. The summed E-state index contributed by atoms with van der Waals surface area (Å²) in [6, 6.07) is 0. The zero-order chi connectivity index (χ0) is 13.1. The maximum Gasteiger partial charge on any atom is 0.106 e. The number of nitrogens with one attached hydrogen (secondary N) is 2. The highest BCUT2D eigenvalue weighted by atomic mass is 33.1. The molecule has 0 fully saturated rings. The van der Waals surface area contributed by atoms with Crippen molar-refractivity contribution in [1.29, 1.82) is 0 Å². The molecule has 0 aromatic carbocycles. The van der Waals surface area contributed by atoms with E-state index in [0.29, 0.717) is 0 Å². The normalized spacial score (nSPS) is 20.2. The van der Waals surface area contributed by atoms with Gasteiger partial charge in [-0.05, 0) is 0 Å². The van der Waals surface area contributed by atoms with E-state index in [4.69, 9.17) is 0 Å². The molecule has 0 amide bonds. The smallest absolute Gasteiger partial charge is 0.106 e. The SMILES string of the molecule is CN(C)C1=CNN(SSN2NC=C(N(C)C)S2)S1. The topological polar surface area (TPSA) is 37.0 Å². The third kappa shape index (κ3) is 3.75. The van der Waals surface area contributed by atoms with Gasteiger partial charge in [0.05, 0.1) is 0 Å². The Morgan fingerprint density at radius 1 is 0.889 bits per heavy atom. The standard InChI is InChI=1S/C8H16N6S4/c1-11(2)7-5-9-13(15-7)17-18-14-10-6-8(16-14)12(3)4/h5-6,9-10H,1-4H3. The summed E-state index contributed by atoms with van der Waals surface area (Å²) in [4.78, 5) is 4.16. The van der Waals surface area contributed by atoms with Gasteiger partial charge in [0.15, 0.2) is 0 Å². The molecular formula is C8H16N6S4. The number of rotatable bonds is 5. The van der Waals surface area contributed by atoms with E-state index in [-0.39, 0.29) is 0 Å². The van der Waals surface area contributed by atoms with E-state index in [0.717, 1.165) is 0 Å². The average molecular weight is 325 g/mol. The number of nitrogens with zero attached hydrogens (tertiary/aromatic N) is 4. The van der Waals surface area contributed by atoms with Crippen LogP contribution >= 0.6 is 45.9 Å². The van der Waals surface area contributed by atoms with Gasteiger partial charge in [-0.25, -0.2) is 0 Å². The van der Waals surface area contributed by atoms with Crippen LogP contribution in [0.1, 0.15) is 0 Å². The van der Waals surface area contributed by atoms with E-state index < -0.39 is 0 Å². The molecule has 102 valence electrons. The van der Waals surface area contributed by atoms with Crippen LogP contribution in [-0.4, -0.2) is 45.6 Å². The quantitative estimate of drug-likeness (QED) is 0.578. The molecule has 0 spiro atoms. The lowest BCUT2D eigenvalue weighted by Gasteiger charge is -2.18. The molecule has 2 N–H and O–H groups in total. The molecule has 0 saturated carbocycles. The minimum atomic E-state index is 1.19. The lowest BCUT2D eigenvalue weighted by Crippen LogP contribution is -2.18. The summed E-state index contributed by atoms with van der Waals surface area (Å²) in [6.07, 6.45) is 3.98. The summed E-state index contributed by atoms with van der Waals surface area (Å²) in [7, 11) is 11.4. The molecule has 0 aromatic rings. The van der Waals surface area contributed by atoms with Crippen LogP contribution in [0.5, 0.6) is 0 Å². The summed E-state index contributed by atoms with van der Waals surface area (Å²) in [6.45, 7) is 0. The Hall–Kier alpha value is -0.000000000000000222. The monoisotopic (exact) mass is 324 g/mol. The molecule has 18 heavy (non-hydrogen) atoms. The Morgan fingerprint density at radius 2 is 1.28 bits per heavy atom. The van der Waals surface area contributed by atoms with Crippen LogP contribution in [0, 0.1) is 0 Å². The van der Waals surface area contributed by atoms with Crippen molar-refractivity contribution in [2.45, 2.75) is 0 Å². The van der Waals surface area contributed by atoms with Crippen molar-refractivity contribution in [2.24, 2.45) is 0 Å². The molecule has 0 unspecified atom stereocenters. The van der Waals surface area contributed by atoms with Crippen LogP contribution in [0.15, 0.2) is 22.5 Å². The van der Waals surface area contributed by atoms with Gasteiger partial charge < -0.3 is 20.7 Å². The second kappa shape index (κ2) is 6.44. The lowest BCUT2D eigenvalue weighted by molar-refractivity contribution is 0.548. The molecule has 0 aromatic heterocycles. The molecule has 2 aliphatic rings. The summed E-state index contributed by atoms with van der Waals surface area (Å²) in [5.74, 6) is 0. The molecule has 0 saturated heterocycles. The Bertz CT molecular complexity index is 323. The highest BCUT2D eigenvalue weighted by Gasteiger charge is 2.22. The summed E-state index contributed by atoms with van der Waals surface area (Å²) in [5, 5.41) is 2.38. The molecule has 2 aliphatic heterocycles. The summed E-state index contributed by atoms with van der Waals surface area (Å²) in [5.41, 5.74) is 6.38. The minimum Gasteiger partial charge on any atom is -0.370 e. The van der Waals surface area contributed by atoms with Gasteiger partial charge in [-0.1, -0.05) is 7.64 Å². The maximum absolute atomic E-state index is 3.19. The Kier molecular flexibility index (Phi) is 5.15. The first-order valence-electron chi connectivity index (χ1n) is 5.14. The average Bonchev–Trinajstić information content (AvgIpc) is 2.95. The van der Waals surface area contributed by atoms with E-state index in [9.17, 15) is 0 Å². The van der Waals surface area contributed by atoms with Crippen LogP contribution in [-0.2, 0) is 0 Å². The predicted octanol–water partition coefficient (Wildman–Crippen LogP) is 1.86. The van der Waals surface area contributed by atoms with Crippen LogP contribution in [0.4, 0.5) is 0 Å². The summed E-state index contributed by atoms with van der Waals surface area (Å²) >= 11 is 3.34. The van der Waals surface area contributed by atoms with Crippen molar-refractivity contribution < 1.29 is 0 Å². The largest absolute Gasteiger partial charge is 0.370 e. The minimum absolute atomic E-state index is 1.19. The molecule has 0 bridgehead atoms. The third-order valence-corrected chi connectivity index (χ3v) is 6.98. The van der Waals surface area contributed by atoms with Gasteiger partial charge in [0.25, 0.3) is 0 Å². The fourth-order valence-corrected chi connectivity index (χ4v) is 4.81. The molecule has 6 nitrogen and oxygen atoms in total. The maximum atomic E-state index is 3.19. The van der Waals surface area contributed by atoms with E-state index in [2.05, 4.69) is 20.7 Å². The second-order valence-electron chi connectivity index (χ2n) is 3.86. The summed E-state index contributed by atoms with van der Waals surface area (Å²) < 4.78 is 4.02. The Morgan fingerprint density at radius 3 is 1.56 bits per heavy atom. The van der Waals surface area contributed by atoms with E-state index in [1.54, 1.807) is 45.9 Å². The molecule has 2 heterocycles. The molecular weight excluding hydrogens is 308 g/mol. The van der Waals surface area contributed by atoms with Gasteiger partial charge in [0.1, 0.15) is 10.1 Å². The van der Waals surface area contributed by atoms with Crippen molar-refractivity contribution in [3.63, 3.8) is 0 Å². The van der Waals surface area contributed by atoms with E-state index in [1.807, 2.05) is 48.2 Å². The number of hydrazine groups is 2. The van der Waals surface area contributed by atoms with Gasteiger partial charge in [0.2, 0.25) is 0 Å². The van der Waals surface area contributed by atoms with Crippen LogP contribution in [0.3, 0.4) is 0 Å². The molecule has 0 radical (unpaired) electrons. The highest BCUT2D eigenvalue weighted by Crippen LogP contribution is 2.43. The number of hydrogen-bond donors (Lipinski definition) is 2. The van der Waals surface area contributed by atoms with E-state index in [1.165, 1.54) is 10.1 Å². The van der Waals surface area contributed by atoms with Crippen molar-refractivity contribution in [3.05, 3.63) is 22.5 Å². The van der Waals surface area contributed by atoms with Crippen LogP contribution < -0.4 is 10.9 Å². The van der Waals surface area contributed by atoms with Crippen molar-refractivity contribution in [1.82, 2.24) is 28.3 Å². The van der Waals surface area contributed by atoms with Crippen molar-refractivity contribution >= 4 is 45.9 Å². The number of hydrogen-bond acceptors (Lipinski definition) is 10. The van der Waals surface area contributed by atoms with E-state index >= 15 is 0 Å². The zero-order valence-electron chi connectivity index (χ0n) is 10.6. The first-order chi connectivity index (χ1) is 8.56. The van der Waals surface area contributed by atoms with Crippen molar-refractivity contribution in [3.8, 4) is 0 Å². The van der Waals surface area contributed by atoms with Crippen LogP contribution in [0.25, 0.3) is 0 Å². The first kappa shape index (κ1) is 14.4. The lowest BCUT2D eigenvalue weighted by atomic mass is 10.8. The molecule has 0 aliphatic carbocycles. The molecule has 10 heteroatoms. The fourth-order valence-electron chi connectivity index (χ4n) is 1.05. The van der Waals surface area contributed by atoms with Gasteiger partial charge >= 0.3 is 0 Å². The second-order valence-corrected chi connectivity index (χ2v) is 8.18. The predicted molar refractivity (Wildman–Crippen MR) is 83.9 cm³/mol. The Balaban J connectivity index is 1.66.